The van der Waals surface area contributed by atoms with Crippen molar-refractivity contribution < 1.29 is 36.2 Å². The first-order valence-electron chi connectivity index (χ1n) is 9.64. The lowest BCUT2D eigenvalue weighted by atomic mass is 10.0. The molecule has 2 aromatic rings. The van der Waals surface area contributed by atoms with Gasteiger partial charge in [0.15, 0.2) is 0 Å². The topological polar surface area (TPSA) is 53.4 Å². The normalized spacial score (nSPS) is 11.6. The number of pyridine rings is 1. The molecular weight excluding hydrogens is 462 g/mol. The van der Waals surface area contributed by atoms with Crippen LogP contribution in [0.25, 0.3) is 0 Å². The molecule has 2 rings (SSSR count). The maximum atomic E-state index is 13.1. The quantitative estimate of drug-likeness (QED) is 0.396. The SMILES string of the molecule is CC.Cc1ccnc(Cl)c1C(=O)N(CCCO)Cc1cc(C(F)(F)F)cc(C(F)(F)F)c1. The fourth-order valence-electron chi connectivity index (χ4n) is 2.79. The van der Waals surface area contributed by atoms with Crippen molar-refractivity contribution in [3.8, 4) is 0 Å². The average Bonchev–Trinajstić information content (AvgIpc) is 2.70. The van der Waals surface area contributed by atoms with Crippen LogP contribution < -0.4 is 0 Å². The molecule has 1 aromatic heterocycles. The Labute approximate surface area is 186 Å². The Kier molecular flexibility index (Phi) is 9.96. The Hall–Kier alpha value is -2.33. The number of hydrogen-bond donors (Lipinski definition) is 1. The van der Waals surface area contributed by atoms with Gasteiger partial charge in [0, 0.05) is 25.9 Å². The zero-order chi connectivity index (χ0) is 24.7. The molecule has 0 atom stereocenters. The van der Waals surface area contributed by atoms with Gasteiger partial charge in [-0.2, -0.15) is 26.3 Å². The minimum Gasteiger partial charge on any atom is -0.396 e. The number of aliphatic hydroxyl groups excluding tert-OH is 1. The predicted molar refractivity (Wildman–Crippen MR) is 108 cm³/mol. The van der Waals surface area contributed by atoms with Gasteiger partial charge in [-0.15, -0.1) is 0 Å². The fourth-order valence-corrected chi connectivity index (χ4v) is 3.07. The molecule has 0 spiro atoms. The van der Waals surface area contributed by atoms with Gasteiger partial charge in [0.2, 0.25) is 0 Å². The number of hydrogen-bond acceptors (Lipinski definition) is 3. The summed E-state index contributed by atoms with van der Waals surface area (Å²) in [6, 6.07) is 2.64. The number of aromatic nitrogens is 1. The molecule has 11 heteroatoms. The van der Waals surface area contributed by atoms with Crippen molar-refractivity contribution in [1.82, 2.24) is 9.88 Å². The molecule has 0 bridgehead atoms. The van der Waals surface area contributed by atoms with E-state index in [0.29, 0.717) is 17.7 Å². The lowest BCUT2D eigenvalue weighted by Gasteiger charge is -2.25. The second kappa shape index (κ2) is 11.5. The van der Waals surface area contributed by atoms with Crippen molar-refractivity contribution in [2.45, 2.75) is 46.1 Å². The third-order valence-corrected chi connectivity index (χ3v) is 4.51. The van der Waals surface area contributed by atoms with Gasteiger partial charge in [-0.25, -0.2) is 4.98 Å². The van der Waals surface area contributed by atoms with Crippen LogP contribution in [0.5, 0.6) is 0 Å². The highest BCUT2D eigenvalue weighted by atomic mass is 35.5. The molecule has 0 saturated heterocycles. The number of carbonyl (C=O) groups is 1. The fraction of sp³-hybridized carbons (Fsp3) is 0.429. The molecule has 0 aliphatic heterocycles. The van der Waals surface area contributed by atoms with Crippen molar-refractivity contribution in [2.24, 2.45) is 0 Å². The van der Waals surface area contributed by atoms with Crippen molar-refractivity contribution in [1.29, 1.82) is 0 Å². The molecule has 32 heavy (non-hydrogen) atoms. The van der Waals surface area contributed by atoms with Crippen molar-refractivity contribution in [2.75, 3.05) is 13.2 Å². The number of alkyl halides is 6. The zero-order valence-electron chi connectivity index (χ0n) is 17.6. The summed E-state index contributed by atoms with van der Waals surface area (Å²) in [5, 5.41) is 8.93. The number of nitrogens with zero attached hydrogens (tertiary/aromatic N) is 2. The van der Waals surface area contributed by atoms with E-state index < -0.39 is 35.9 Å². The van der Waals surface area contributed by atoms with Crippen LogP contribution in [0.2, 0.25) is 5.15 Å². The first-order valence-corrected chi connectivity index (χ1v) is 10.0. The summed E-state index contributed by atoms with van der Waals surface area (Å²) in [6.45, 7) is 4.57. The molecule has 1 amide bonds. The Bertz CT molecular complexity index is 864. The van der Waals surface area contributed by atoms with Gasteiger partial charge in [0.1, 0.15) is 5.15 Å². The maximum absolute atomic E-state index is 13.1. The number of rotatable bonds is 6. The van der Waals surface area contributed by atoms with E-state index in [2.05, 4.69) is 4.98 Å². The largest absolute Gasteiger partial charge is 0.416 e. The molecule has 1 heterocycles. The highest BCUT2D eigenvalue weighted by Gasteiger charge is 2.37. The van der Waals surface area contributed by atoms with E-state index in [-0.39, 0.29) is 41.9 Å². The molecule has 1 N–H and O–H groups in total. The lowest BCUT2D eigenvalue weighted by Crippen LogP contribution is -2.33. The first-order chi connectivity index (χ1) is 14.8. The smallest absolute Gasteiger partial charge is 0.396 e. The summed E-state index contributed by atoms with van der Waals surface area (Å²) in [5.41, 5.74) is -2.88. The second-order valence-electron chi connectivity index (χ2n) is 6.51. The summed E-state index contributed by atoms with van der Waals surface area (Å²) < 4.78 is 78.6. The Morgan fingerprint density at radius 2 is 1.59 bits per heavy atom. The van der Waals surface area contributed by atoms with Gasteiger partial charge in [-0.1, -0.05) is 25.4 Å². The Morgan fingerprint density at radius 3 is 2.03 bits per heavy atom. The monoisotopic (exact) mass is 484 g/mol. The van der Waals surface area contributed by atoms with E-state index in [1.807, 2.05) is 13.8 Å². The van der Waals surface area contributed by atoms with Crippen LogP contribution in [0.1, 0.15) is 52.9 Å². The van der Waals surface area contributed by atoms with Crippen LogP contribution in [-0.2, 0) is 18.9 Å². The number of benzene rings is 1. The Balaban J connectivity index is 0.00000249. The van der Waals surface area contributed by atoms with Gasteiger partial charge in [0.25, 0.3) is 5.91 Å². The van der Waals surface area contributed by atoms with Gasteiger partial charge >= 0.3 is 12.4 Å². The minimum atomic E-state index is -5.00. The van der Waals surface area contributed by atoms with Crippen LogP contribution in [0, 0.1) is 6.92 Å². The number of carbonyl (C=O) groups excluding carboxylic acids is 1. The first kappa shape index (κ1) is 27.7. The Morgan fingerprint density at radius 1 is 1.06 bits per heavy atom. The van der Waals surface area contributed by atoms with Crippen molar-refractivity contribution in [3.63, 3.8) is 0 Å². The standard InChI is InChI=1S/C19H17ClF6N2O2.C2H6/c1-11-3-4-27-16(20)15(11)17(30)28(5-2-6-29)10-12-7-13(18(21,22)23)9-14(8-12)19(24,25)26;1-2/h3-4,7-9,29H,2,5-6,10H2,1H3;1-2H3. The van der Waals surface area contributed by atoms with Crippen LogP contribution in [0.15, 0.2) is 30.5 Å². The number of amides is 1. The van der Waals surface area contributed by atoms with Crippen molar-refractivity contribution in [3.05, 3.63) is 63.4 Å². The molecule has 178 valence electrons. The zero-order valence-corrected chi connectivity index (χ0v) is 18.4. The molecule has 0 radical (unpaired) electrons. The third-order valence-electron chi connectivity index (χ3n) is 4.22. The number of aliphatic hydroxyl groups is 1. The number of aryl methyl sites for hydroxylation is 1. The summed E-state index contributed by atoms with van der Waals surface area (Å²) in [5.74, 6) is -0.718. The molecular formula is C21H23ClF6N2O2. The summed E-state index contributed by atoms with van der Waals surface area (Å²) in [6.07, 6.45) is -8.58. The molecule has 0 unspecified atom stereocenters. The van der Waals surface area contributed by atoms with E-state index >= 15 is 0 Å². The summed E-state index contributed by atoms with van der Waals surface area (Å²) in [4.78, 5) is 17.8. The predicted octanol–water partition coefficient (Wildman–Crippen LogP) is 6.13. The lowest BCUT2D eigenvalue weighted by molar-refractivity contribution is -0.143. The van der Waals surface area contributed by atoms with Crippen LogP contribution in [0.3, 0.4) is 0 Å². The van der Waals surface area contributed by atoms with Gasteiger partial charge < -0.3 is 10.0 Å². The van der Waals surface area contributed by atoms with Crippen LogP contribution in [-0.4, -0.2) is 34.0 Å². The third kappa shape index (κ3) is 7.37. The van der Waals surface area contributed by atoms with Gasteiger partial charge in [-0.3, -0.25) is 4.79 Å². The van der Waals surface area contributed by atoms with Crippen LogP contribution in [0.4, 0.5) is 26.3 Å². The molecule has 4 nitrogen and oxygen atoms in total. The maximum Gasteiger partial charge on any atom is 0.416 e. The van der Waals surface area contributed by atoms with Crippen LogP contribution >= 0.6 is 11.6 Å². The van der Waals surface area contributed by atoms with E-state index in [4.69, 9.17) is 16.7 Å². The van der Waals surface area contributed by atoms with Gasteiger partial charge in [0.05, 0.1) is 16.7 Å². The van der Waals surface area contributed by atoms with E-state index in [1.165, 1.54) is 12.3 Å². The summed E-state index contributed by atoms with van der Waals surface area (Å²) in [7, 11) is 0. The second-order valence-corrected chi connectivity index (χ2v) is 6.87. The highest BCUT2D eigenvalue weighted by molar-refractivity contribution is 6.32. The van der Waals surface area contributed by atoms with E-state index in [9.17, 15) is 31.1 Å². The summed E-state index contributed by atoms with van der Waals surface area (Å²) >= 11 is 5.97. The molecule has 1 aromatic carbocycles. The van der Waals surface area contributed by atoms with Gasteiger partial charge in [-0.05, 0) is 48.7 Å². The molecule has 0 aliphatic rings. The molecule has 0 aliphatic carbocycles. The molecule has 0 fully saturated rings. The number of halogens is 7. The highest BCUT2D eigenvalue weighted by Crippen LogP contribution is 2.36. The average molecular weight is 485 g/mol. The van der Waals surface area contributed by atoms with Crippen molar-refractivity contribution >= 4 is 17.5 Å². The van der Waals surface area contributed by atoms with E-state index in [1.54, 1.807) is 6.92 Å². The van der Waals surface area contributed by atoms with E-state index in [0.717, 1.165) is 4.90 Å². The molecule has 0 saturated carbocycles. The minimum absolute atomic E-state index is 0.0138.